The third-order valence-corrected chi connectivity index (χ3v) is 8.25. The third kappa shape index (κ3) is 5.03. The number of carbonyl (C=O) groups is 1. The SMILES string of the molecule is CC(C)[C@@H](NC(=O)C1CCN(S(=O)(=O)c2ccc(C#N)cc2)CC1)c1ccc2c(c1)OCCO2. The molecule has 9 heteroatoms. The first-order chi connectivity index (χ1) is 16.3. The average molecular weight is 484 g/mol. The number of hydrogen-bond donors (Lipinski definition) is 1. The van der Waals surface area contributed by atoms with Crippen LogP contribution in [0, 0.1) is 23.2 Å². The van der Waals surface area contributed by atoms with Gasteiger partial charge in [-0.3, -0.25) is 4.79 Å². The summed E-state index contributed by atoms with van der Waals surface area (Å²) in [6.07, 6.45) is 0.903. The lowest BCUT2D eigenvalue weighted by molar-refractivity contribution is -0.127. The van der Waals surface area contributed by atoms with Crippen LogP contribution in [0.4, 0.5) is 0 Å². The maximum absolute atomic E-state index is 13.1. The Labute approximate surface area is 200 Å². The largest absolute Gasteiger partial charge is 0.486 e. The van der Waals surface area contributed by atoms with E-state index in [-0.39, 0.29) is 41.8 Å². The van der Waals surface area contributed by atoms with Crippen molar-refractivity contribution in [3.63, 3.8) is 0 Å². The normalized spacial score (nSPS) is 17.7. The van der Waals surface area contributed by atoms with Crippen LogP contribution in [0.3, 0.4) is 0 Å². The minimum atomic E-state index is -3.66. The fourth-order valence-electron chi connectivity index (χ4n) is 4.37. The number of rotatable bonds is 6. The molecule has 0 aromatic heterocycles. The summed E-state index contributed by atoms with van der Waals surface area (Å²) >= 11 is 0. The number of nitrogens with one attached hydrogen (secondary N) is 1. The van der Waals surface area contributed by atoms with Gasteiger partial charge in [0.25, 0.3) is 0 Å². The van der Waals surface area contributed by atoms with Crippen molar-refractivity contribution < 1.29 is 22.7 Å². The summed E-state index contributed by atoms with van der Waals surface area (Å²) < 4.78 is 38.6. The molecular formula is C25H29N3O5S. The van der Waals surface area contributed by atoms with Crippen LogP contribution < -0.4 is 14.8 Å². The van der Waals surface area contributed by atoms with Crippen LogP contribution >= 0.6 is 0 Å². The fourth-order valence-corrected chi connectivity index (χ4v) is 5.84. The molecule has 2 aliphatic rings. The minimum absolute atomic E-state index is 0.0657. The Kier molecular flexibility index (Phi) is 7.10. The lowest BCUT2D eigenvalue weighted by atomic mass is 9.92. The summed E-state index contributed by atoms with van der Waals surface area (Å²) in [5.74, 6) is 1.22. The second-order valence-corrected chi connectivity index (χ2v) is 10.9. The monoisotopic (exact) mass is 483 g/mol. The molecule has 1 saturated heterocycles. The van der Waals surface area contributed by atoms with Gasteiger partial charge in [-0.25, -0.2) is 8.42 Å². The van der Waals surface area contributed by atoms with Crippen LogP contribution in [0.2, 0.25) is 0 Å². The van der Waals surface area contributed by atoms with E-state index in [0.717, 1.165) is 5.56 Å². The highest BCUT2D eigenvalue weighted by atomic mass is 32.2. The molecule has 0 unspecified atom stereocenters. The standard InChI is InChI=1S/C25H29N3O5S/c1-17(2)24(20-5-8-22-23(15-20)33-14-13-32-22)27-25(29)19-9-11-28(12-10-19)34(30,31)21-6-3-18(16-26)4-7-21/h3-8,15,17,19,24H,9-14H2,1-2H3,(H,27,29)/t24-/m1/s1. The molecule has 1 fully saturated rings. The summed E-state index contributed by atoms with van der Waals surface area (Å²) in [6, 6.07) is 13.4. The van der Waals surface area contributed by atoms with Crippen molar-refractivity contribution in [2.24, 2.45) is 11.8 Å². The van der Waals surface area contributed by atoms with E-state index in [4.69, 9.17) is 14.7 Å². The predicted molar refractivity (Wildman–Crippen MR) is 126 cm³/mol. The zero-order chi connectivity index (χ0) is 24.3. The minimum Gasteiger partial charge on any atom is -0.486 e. The number of carbonyl (C=O) groups excluding carboxylic acids is 1. The molecule has 2 heterocycles. The van der Waals surface area contributed by atoms with E-state index in [1.54, 1.807) is 0 Å². The number of ether oxygens (including phenoxy) is 2. The van der Waals surface area contributed by atoms with Gasteiger partial charge in [0.2, 0.25) is 15.9 Å². The predicted octanol–water partition coefficient (Wildman–Crippen LogP) is 3.24. The van der Waals surface area contributed by atoms with Crippen LogP contribution in [0.15, 0.2) is 47.4 Å². The molecule has 2 aliphatic heterocycles. The van der Waals surface area contributed by atoms with Gasteiger partial charge in [-0.1, -0.05) is 19.9 Å². The molecule has 1 atom stereocenters. The van der Waals surface area contributed by atoms with Crippen molar-refractivity contribution in [3.05, 3.63) is 53.6 Å². The number of sulfonamides is 1. The Hall–Kier alpha value is -3.09. The molecule has 0 aliphatic carbocycles. The Balaban J connectivity index is 1.40. The molecule has 180 valence electrons. The smallest absolute Gasteiger partial charge is 0.243 e. The molecule has 8 nitrogen and oxygen atoms in total. The van der Waals surface area contributed by atoms with Gasteiger partial charge >= 0.3 is 0 Å². The summed E-state index contributed by atoms with van der Waals surface area (Å²) in [6.45, 7) is 5.67. The van der Waals surface area contributed by atoms with Gasteiger partial charge in [-0.2, -0.15) is 9.57 Å². The number of fused-ring (bicyclic) bond motifs is 1. The summed E-state index contributed by atoms with van der Waals surface area (Å²) in [4.78, 5) is 13.3. The van der Waals surface area contributed by atoms with Gasteiger partial charge in [0.05, 0.1) is 22.6 Å². The first-order valence-corrected chi connectivity index (χ1v) is 12.9. The third-order valence-electron chi connectivity index (χ3n) is 6.34. The number of hydrogen-bond acceptors (Lipinski definition) is 6. The summed E-state index contributed by atoms with van der Waals surface area (Å²) in [5, 5.41) is 12.1. The second-order valence-electron chi connectivity index (χ2n) is 8.95. The molecule has 1 amide bonds. The molecule has 2 aromatic carbocycles. The van der Waals surface area contributed by atoms with Crippen LogP contribution in [0.25, 0.3) is 0 Å². The average Bonchev–Trinajstić information content (AvgIpc) is 2.86. The van der Waals surface area contributed by atoms with E-state index in [1.165, 1.54) is 28.6 Å². The quantitative estimate of drug-likeness (QED) is 0.676. The maximum atomic E-state index is 13.1. The van der Waals surface area contributed by atoms with Crippen LogP contribution in [-0.2, 0) is 14.8 Å². The highest BCUT2D eigenvalue weighted by Crippen LogP contribution is 2.35. The highest BCUT2D eigenvalue weighted by molar-refractivity contribution is 7.89. The number of piperidine rings is 1. The molecule has 1 N–H and O–H groups in total. The lowest BCUT2D eigenvalue weighted by Gasteiger charge is -2.32. The first-order valence-electron chi connectivity index (χ1n) is 11.5. The Morgan fingerprint density at radius 1 is 1.06 bits per heavy atom. The van der Waals surface area contributed by atoms with E-state index < -0.39 is 10.0 Å². The maximum Gasteiger partial charge on any atom is 0.243 e. The topological polar surface area (TPSA) is 109 Å². The summed E-state index contributed by atoms with van der Waals surface area (Å²) in [7, 11) is -3.66. The number of nitriles is 1. The molecule has 0 spiro atoms. The van der Waals surface area contributed by atoms with Crippen molar-refractivity contribution in [2.45, 2.75) is 37.6 Å². The number of benzene rings is 2. The van der Waals surface area contributed by atoms with Crippen molar-refractivity contribution >= 4 is 15.9 Å². The van der Waals surface area contributed by atoms with E-state index in [9.17, 15) is 13.2 Å². The molecular weight excluding hydrogens is 454 g/mol. The van der Waals surface area contributed by atoms with Gasteiger partial charge < -0.3 is 14.8 Å². The summed E-state index contributed by atoms with van der Waals surface area (Å²) in [5.41, 5.74) is 1.36. The van der Waals surface area contributed by atoms with E-state index in [2.05, 4.69) is 19.2 Å². The Morgan fingerprint density at radius 3 is 2.32 bits per heavy atom. The number of nitrogens with zero attached hydrogens (tertiary/aromatic N) is 2. The van der Waals surface area contributed by atoms with Gasteiger partial charge in [0.15, 0.2) is 11.5 Å². The van der Waals surface area contributed by atoms with Crippen LogP contribution in [-0.4, -0.2) is 44.9 Å². The zero-order valence-electron chi connectivity index (χ0n) is 19.4. The van der Waals surface area contributed by atoms with Crippen molar-refractivity contribution in [3.8, 4) is 17.6 Å². The number of amides is 1. The van der Waals surface area contributed by atoms with E-state index in [0.29, 0.717) is 43.1 Å². The van der Waals surface area contributed by atoms with Crippen molar-refractivity contribution in [1.82, 2.24) is 9.62 Å². The Morgan fingerprint density at radius 2 is 1.71 bits per heavy atom. The van der Waals surface area contributed by atoms with Crippen molar-refractivity contribution in [2.75, 3.05) is 26.3 Å². The van der Waals surface area contributed by atoms with Gasteiger partial charge in [-0.15, -0.1) is 0 Å². The van der Waals surface area contributed by atoms with Crippen LogP contribution in [0.1, 0.15) is 43.9 Å². The van der Waals surface area contributed by atoms with Gasteiger partial charge in [0, 0.05) is 19.0 Å². The first kappa shape index (κ1) is 24.0. The van der Waals surface area contributed by atoms with Crippen molar-refractivity contribution in [1.29, 1.82) is 5.26 Å². The zero-order valence-corrected chi connectivity index (χ0v) is 20.2. The van der Waals surface area contributed by atoms with Gasteiger partial charge in [0.1, 0.15) is 13.2 Å². The molecule has 0 bridgehead atoms. The Bertz CT molecular complexity index is 1180. The molecule has 0 saturated carbocycles. The molecule has 0 radical (unpaired) electrons. The molecule has 4 rings (SSSR count). The second kappa shape index (κ2) is 10.0. The molecule has 34 heavy (non-hydrogen) atoms. The van der Waals surface area contributed by atoms with E-state index in [1.807, 2.05) is 24.3 Å². The van der Waals surface area contributed by atoms with Gasteiger partial charge in [-0.05, 0) is 60.7 Å². The highest BCUT2D eigenvalue weighted by Gasteiger charge is 2.33. The van der Waals surface area contributed by atoms with E-state index >= 15 is 0 Å². The fraction of sp³-hybridized carbons (Fsp3) is 0.440. The molecule has 2 aromatic rings. The lowest BCUT2D eigenvalue weighted by Crippen LogP contribution is -2.44. The van der Waals surface area contributed by atoms with Crippen LogP contribution in [0.5, 0.6) is 11.5 Å².